The SMILES string of the molecule is CCCc1[nH]oc(=O)c1C(=O)CC. The molecule has 4 heteroatoms. The number of aromatic amines is 1. The van der Waals surface area contributed by atoms with E-state index in [-0.39, 0.29) is 11.3 Å². The van der Waals surface area contributed by atoms with Gasteiger partial charge in [0.2, 0.25) is 0 Å². The normalized spacial score (nSPS) is 10.3. The third-order valence-electron chi connectivity index (χ3n) is 1.87. The fourth-order valence-corrected chi connectivity index (χ4v) is 1.22. The smallest absolute Gasteiger partial charge is 0.338 e. The molecule has 1 aromatic heterocycles. The van der Waals surface area contributed by atoms with E-state index >= 15 is 0 Å². The van der Waals surface area contributed by atoms with Gasteiger partial charge in [-0.15, -0.1) is 0 Å². The Labute approximate surface area is 75.9 Å². The molecule has 1 heterocycles. The standard InChI is InChI=1S/C9H13NO3/c1-3-5-6-8(7(11)4-2)9(12)13-10-6/h10H,3-5H2,1-2H3. The van der Waals surface area contributed by atoms with Gasteiger partial charge in [-0.1, -0.05) is 20.3 Å². The number of Topliss-reactive ketones (excluding diaryl/α,β-unsaturated/α-hetero) is 1. The molecule has 4 nitrogen and oxygen atoms in total. The van der Waals surface area contributed by atoms with Crippen molar-refractivity contribution in [3.05, 3.63) is 21.7 Å². The molecule has 13 heavy (non-hydrogen) atoms. The Hall–Kier alpha value is -1.32. The Morgan fingerprint density at radius 1 is 1.46 bits per heavy atom. The molecule has 0 fully saturated rings. The third kappa shape index (κ3) is 1.88. The van der Waals surface area contributed by atoms with Gasteiger partial charge in [0.25, 0.3) is 0 Å². The lowest BCUT2D eigenvalue weighted by Gasteiger charge is -1.94. The van der Waals surface area contributed by atoms with E-state index in [2.05, 4.69) is 9.68 Å². The minimum atomic E-state index is -0.546. The van der Waals surface area contributed by atoms with Crippen molar-refractivity contribution in [3.63, 3.8) is 0 Å². The number of carbonyl (C=O) groups is 1. The molecule has 1 rings (SSSR count). The Morgan fingerprint density at radius 3 is 2.69 bits per heavy atom. The molecular formula is C9H13NO3. The third-order valence-corrected chi connectivity index (χ3v) is 1.87. The molecule has 0 aromatic carbocycles. The molecule has 0 saturated heterocycles. The minimum Gasteiger partial charge on any atom is -0.338 e. The van der Waals surface area contributed by atoms with Gasteiger partial charge in [0.1, 0.15) is 5.56 Å². The number of aryl methyl sites for hydroxylation is 1. The molecule has 1 aromatic rings. The summed E-state index contributed by atoms with van der Waals surface area (Å²) in [5.41, 5.74) is 0.277. The van der Waals surface area contributed by atoms with E-state index in [0.29, 0.717) is 18.5 Å². The van der Waals surface area contributed by atoms with E-state index in [0.717, 1.165) is 6.42 Å². The molecule has 0 saturated carbocycles. The molecule has 0 unspecified atom stereocenters. The highest BCUT2D eigenvalue weighted by Gasteiger charge is 2.17. The topological polar surface area (TPSA) is 63.1 Å². The fraction of sp³-hybridized carbons (Fsp3) is 0.556. The van der Waals surface area contributed by atoms with Gasteiger partial charge in [-0.05, 0) is 6.42 Å². The first-order chi connectivity index (χ1) is 6.20. The molecule has 0 atom stereocenters. The van der Waals surface area contributed by atoms with Crippen LogP contribution in [0, 0.1) is 0 Å². The largest absolute Gasteiger partial charge is 0.368 e. The Kier molecular flexibility index (Phi) is 3.06. The lowest BCUT2D eigenvalue weighted by atomic mass is 10.1. The zero-order chi connectivity index (χ0) is 9.84. The van der Waals surface area contributed by atoms with Gasteiger partial charge in [0.05, 0.1) is 5.69 Å². The molecule has 0 spiro atoms. The van der Waals surface area contributed by atoms with E-state index in [1.165, 1.54) is 0 Å². The summed E-state index contributed by atoms with van der Waals surface area (Å²) in [6.45, 7) is 3.70. The summed E-state index contributed by atoms with van der Waals surface area (Å²) in [5.74, 6) is -0.154. The van der Waals surface area contributed by atoms with Crippen molar-refractivity contribution >= 4 is 5.78 Å². The molecule has 0 amide bonds. The monoisotopic (exact) mass is 183 g/mol. The number of H-pyrrole nitrogens is 1. The highest BCUT2D eigenvalue weighted by atomic mass is 16.5. The van der Waals surface area contributed by atoms with Crippen molar-refractivity contribution in [2.45, 2.75) is 33.1 Å². The van der Waals surface area contributed by atoms with Gasteiger partial charge in [-0.25, -0.2) is 9.95 Å². The summed E-state index contributed by atoms with van der Waals surface area (Å²) in [4.78, 5) is 22.4. The summed E-state index contributed by atoms with van der Waals surface area (Å²) in [6, 6.07) is 0. The second-order valence-electron chi connectivity index (χ2n) is 2.87. The van der Waals surface area contributed by atoms with Crippen LogP contribution in [0.15, 0.2) is 9.32 Å². The van der Waals surface area contributed by atoms with Gasteiger partial charge in [0.15, 0.2) is 5.78 Å². The van der Waals surface area contributed by atoms with Crippen molar-refractivity contribution in [1.29, 1.82) is 0 Å². The highest BCUT2D eigenvalue weighted by Crippen LogP contribution is 2.06. The fourth-order valence-electron chi connectivity index (χ4n) is 1.22. The van der Waals surface area contributed by atoms with Crippen molar-refractivity contribution in [2.75, 3.05) is 0 Å². The summed E-state index contributed by atoms with van der Waals surface area (Å²) >= 11 is 0. The first-order valence-corrected chi connectivity index (χ1v) is 4.44. The first-order valence-electron chi connectivity index (χ1n) is 4.44. The molecular weight excluding hydrogens is 170 g/mol. The number of ketones is 1. The van der Waals surface area contributed by atoms with Gasteiger partial charge in [0, 0.05) is 6.42 Å². The number of nitrogens with one attached hydrogen (secondary N) is 1. The molecule has 0 bridgehead atoms. The van der Waals surface area contributed by atoms with Crippen LogP contribution in [0.5, 0.6) is 0 Å². The first kappa shape index (κ1) is 9.77. The van der Waals surface area contributed by atoms with Crippen LogP contribution in [0.4, 0.5) is 0 Å². The van der Waals surface area contributed by atoms with Gasteiger partial charge in [-0.3, -0.25) is 4.79 Å². The van der Waals surface area contributed by atoms with E-state index in [1.807, 2.05) is 6.92 Å². The van der Waals surface area contributed by atoms with E-state index in [4.69, 9.17) is 0 Å². The van der Waals surface area contributed by atoms with Crippen LogP contribution in [0.2, 0.25) is 0 Å². The Balaban J connectivity index is 3.08. The minimum absolute atomic E-state index is 0.154. The number of hydrogen-bond acceptors (Lipinski definition) is 3. The van der Waals surface area contributed by atoms with Crippen LogP contribution in [-0.2, 0) is 6.42 Å². The molecule has 0 aliphatic carbocycles. The average Bonchev–Trinajstić information content (AvgIpc) is 2.47. The highest BCUT2D eigenvalue weighted by molar-refractivity contribution is 5.96. The van der Waals surface area contributed by atoms with Crippen LogP contribution in [0.25, 0.3) is 0 Å². The maximum absolute atomic E-state index is 11.3. The maximum atomic E-state index is 11.3. The number of aromatic nitrogens is 1. The Bertz CT molecular complexity index is 348. The van der Waals surface area contributed by atoms with Crippen molar-refractivity contribution in [1.82, 2.24) is 5.16 Å². The second-order valence-corrected chi connectivity index (χ2v) is 2.87. The predicted octanol–water partition coefficient (Wildman–Crippen LogP) is 1.51. The molecule has 1 N–H and O–H groups in total. The summed E-state index contributed by atoms with van der Waals surface area (Å²) < 4.78 is 4.57. The molecule has 72 valence electrons. The number of carbonyl (C=O) groups excluding carboxylic acids is 1. The quantitative estimate of drug-likeness (QED) is 0.719. The summed E-state index contributed by atoms with van der Waals surface area (Å²) in [6.07, 6.45) is 1.88. The van der Waals surface area contributed by atoms with Gasteiger partial charge < -0.3 is 4.52 Å². The molecule has 0 radical (unpaired) electrons. The summed E-state index contributed by atoms with van der Waals surface area (Å²) in [7, 11) is 0. The van der Waals surface area contributed by atoms with Gasteiger partial charge in [-0.2, -0.15) is 0 Å². The van der Waals surface area contributed by atoms with E-state index in [1.54, 1.807) is 6.92 Å². The Morgan fingerprint density at radius 2 is 2.15 bits per heavy atom. The van der Waals surface area contributed by atoms with Crippen molar-refractivity contribution < 1.29 is 9.32 Å². The van der Waals surface area contributed by atoms with Crippen molar-refractivity contribution in [2.24, 2.45) is 0 Å². The average molecular weight is 183 g/mol. The van der Waals surface area contributed by atoms with Crippen LogP contribution in [0.1, 0.15) is 42.7 Å². The predicted molar refractivity (Wildman–Crippen MR) is 47.9 cm³/mol. The maximum Gasteiger partial charge on any atom is 0.368 e. The molecule has 0 aliphatic heterocycles. The number of hydrogen-bond donors (Lipinski definition) is 1. The van der Waals surface area contributed by atoms with Crippen LogP contribution in [0.3, 0.4) is 0 Å². The summed E-state index contributed by atoms with van der Waals surface area (Å²) in [5, 5.41) is 2.48. The zero-order valence-corrected chi connectivity index (χ0v) is 7.85. The van der Waals surface area contributed by atoms with Crippen molar-refractivity contribution in [3.8, 4) is 0 Å². The zero-order valence-electron chi connectivity index (χ0n) is 7.85. The lowest BCUT2D eigenvalue weighted by Crippen LogP contribution is -2.11. The van der Waals surface area contributed by atoms with E-state index in [9.17, 15) is 9.59 Å². The second kappa shape index (κ2) is 4.07. The lowest BCUT2D eigenvalue weighted by molar-refractivity contribution is 0.0985. The van der Waals surface area contributed by atoms with Crippen LogP contribution in [-0.4, -0.2) is 10.9 Å². The van der Waals surface area contributed by atoms with Gasteiger partial charge >= 0.3 is 5.63 Å². The van der Waals surface area contributed by atoms with E-state index < -0.39 is 5.63 Å². The molecule has 0 aliphatic rings. The number of rotatable bonds is 4. The van der Waals surface area contributed by atoms with Crippen LogP contribution < -0.4 is 5.63 Å². The van der Waals surface area contributed by atoms with Crippen LogP contribution >= 0.6 is 0 Å².